The number of aliphatic carboxylic acids is 1. The number of nitrogens with two attached hydrogens (primary N) is 1. The Balaban J connectivity index is 0.00000149. The zero-order chi connectivity index (χ0) is 38.7. The standard InChI is InChI=1S/C34H43N7O7S.C2H4O2/c35-34(36)40-14-3-4-23(21-40)20-38-32(45)19-28(39-49(47,48)27-11-8-24-5-1-2-6-25(24)18-27)33(46)41(26-9-10-26)15-13-37-31(44)17-22-7-12-29(42)30(43)16-22;1-2(3)4/h1-2,5-8,11-12,16,18,23,26,28,39,42-43H,3-4,9-10,13-15,17,19-21H2,(H3,35,36)(H,37,44)(H,38,45);1H3,(H,3,4)/t23-,28-;/m0./s1. The van der Waals surface area contributed by atoms with E-state index in [2.05, 4.69) is 15.4 Å². The van der Waals surface area contributed by atoms with E-state index in [0.717, 1.165) is 25.2 Å². The largest absolute Gasteiger partial charge is 0.504 e. The molecule has 17 heteroatoms. The quantitative estimate of drug-likeness (QED) is 0.0664. The summed E-state index contributed by atoms with van der Waals surface area (Å²) in [7, 11) is -4.24. The van der Waals surface area contributed by atoms with Crippen LogP contribution >= 0.6 is 0 Å². The summed E-state index contributed by atoms with van der Waals surface area (Å²) in [6, 6.07) is 14.5. The summed E-state index contributed by atoms with van der Waals surface area (Å²) in [6.07, 6.45) is 2.56. The van der Waals surface area contributed by atoms with Gasteiger partial charge in [0.25, 0.3) is 5.97 Å². The third-order valence-electron chi connectivity index (χ3n) is 8.81. The first-order chi connectivity index (χ1) is 25.1. The first-order valence-corrected chi connectivity index (χ1v) is 18.8. The molecular formula is C36H47N7O9S. The van der Waals surface area contributed by atoms with Crippen molar-refractivity contribution in [1.29, 1.82) is 5.41 Å². The van der Waals surface area contributed by atoms with Gasteiger partial charge in [0.15, 0.2) is 17.5 Å². The van der Waals surface area contributed by atoms with Crippen LogP contribution in [-0.2, 0) is 35.6 Å². The maximum atomic E-state index is 14.1. The second-order valence-corrected chi connectivity index (χ2v) is 14.9. The monoisotopic (exact) mass is 753 g/mol. The minimum absolute atomic E-state index is 0.0270. The van der Waals surface area contributed by atoms with E-state index >= 15 is 0 Å². The van der Waals surface area contributed by atoms with Gasteiger partial charge in [0.2, 0.25) is 27.7 Å². The molecule has 9 N–H and O–H groups in total. The summed E-state index contributed by atoms with van der Waals surface area (Å²) in [6.45, 7) is 2.73. The van der Waals surface area contributed by atoms with Gasteiger partial charge in [0.1, 0.15) is 6.04 Å². The molecule has 1 saturated heterocycles. The van der Waals surface area contributed by atoms with Gasteiger partial charge >= 0.3 is 0 Å². The number of carbonyl (C=O) groups excluding carboxylic acids is 3. The minimum atomic E-state index is -4.24. The molecule has 2 fully saturated rings. The van der Waals surface area contributed by atoms with Crippen molar-refractivity contribution >= 4 is 50.4 Å². The number of nitrogens with one attached hydrogen (secondary N) is 4. The van der Waals surface area contributed by atoms with Crippen molar-refractivity contribution in [1.82, 2.24) is 25.2 Å². The lowest BCUT2D eigenvalue weighted by Gasteiger charge is -2.33. The van der Waals surface area contributed by atoms with Gasteiger partial charge in [-0.05, 0) is 72.2 Å². The third kappa shape index (κ3) is 12.3. The van der Waals surface area contributed by atoms with E-state index < -0.39 is 40.3 Å². The van der Waals surface area contributed by atoms with Gasteiger partial charge in [0.05, 0.1) is 17.7 Å². The Kier molecular flexibility index (Phi) is 14.0. The summed E-state index contributed by atoms with van der Waals surface area (Å²) in [4.78, 5) is 52.1. The molecule has 1 heterocycles. The number of rotatable bonds is 14. The smallest absolute Gasteiger partial charge is 0.300 e. The number of carboxylic acids is 1. The van der Waals surface area contributed by atoms with Crippen LogP contribution in [0.4, 0.5) is 0 Å². The lowest BCUT2D eigenvalue weighted by Crippen LogP contribution is -2.53. The van der Waals surface area contributed by atoms with Crippen molar-refractivity contribution in [2.75, 3.05) is 32.7 Å². The van der Waals surface area contributed by atoms with Gasteiger partial charge in [-0.15, -0.1) is 0 Å². The van der Waals surface area contributed by atoms with Crippen LogP contribution in [0.3, 0.4) is 0 Å². The molecule has 1 saturated carbocycles. The zero-order valence-corrected chi connectivity index (χ0v) is 30.3. The van der Waals surface area contributed by atoms with Gasteiger partial charge in [-0.2, -0.15) is 4.72 Å². The number of benzene rings is 3. The van der Waals surface area contributed by atoms with Crippen molar-refractivity contribution in [2.24, 2.45) is 11.7 Å². The molecule has 3 aromatic rings. The maximum Gasteiger partial charge on any atom is 0.300 e. The van der Waals surface area contributed by atoms with Gasteiger partial charge in [-0.1, -0.05) is 36.4 Å². The predicted molar refractivity (Wildman–Crippen MR) is 196 cm³/mol. The summed E-state index contributed by atoms with van der Waals surface area (Å²) in [5.74, 6) is -2.89. The van der Waals surface area contributed by atoms with Crippen LogP contribution in [0.25, 0.3) is 10.8 Å². The topological polar surface area (TPSA) is 256 Å². The van der Waals surface area contributed by atoms with E-state index in [1.54, 1.807) is 23.1 Å². The summed E-state index contributed by atoms with van der Waals surface area (Å²) >= 11 is 0. The molecule has 0 radical (unpaired) electrons. The van der Waals surface area contributed by atoms with E-state index in [1.165, 1.54) is 35.2 Å². The van der Waals surface area contributed by atoms with Gasteiger partial charge in [-0.3, -0.25) is 24.6 Å². The number of fused-ring (bicyclic) bond motifs is 1. The number of hydrogen-bond acceptors (Lipinski definition) is 9. The van der Waals surface area contributed by atoms with Crippen LogP contribution < -0.4 is 21.1 Å². The molecule has 0 bridgehead atoms. The van der Waals surface area contributed by atoms with Crippen LogP contribution in [0, 0.1) is 11.3 Å². The average molecular weight is 754 g/mol. The van der Waals surface area contributed by atoms with E-state index in [9.17, 15) is 33.0 Å². The molecule has 2 aliphatic rings. The number of amides is 3. The van der Waals surface area contributed by atoms with Crippen molar-refractivity contribution in [3.63, 3.8) is 0 Å². The summed E-state index contributed by atoms with van der Waals surface area (Å²) < 4.78 is 29.8. The molecule has 1 aliphatic heterocycles. The fraction of sp³-hybridized carbons (Fsp3) is 0.417. The SMILES string of the molecule is CC(=O)O.N=C(N)N1CCC[C@@H](CNC(=O)C[C@H](NS(=O)(=O)c2ccc3ccccc3c2)C(=O)N(CCNC(=O)Cc2ccc(O)c(O)c2)C2CC2)C1. The van der Waals surface area contributed by atoms with E-state index in [0.29, 0.717) is 36.9 Å². The lowest BCUT2D eigenvalue weighted by molar-refractivity contribution is -0.136. The number of piperidine rings is 1. The highest BCUT2D eigenvalue weighted by Crippen LogP contribution is 2.28. The van der Waals surface area contributed by atoms with Crippen molar-refractivity contribution in [3.05, 3.63) is 66.2 Å². The van der Waals surface area contributed by atoms with Gasteiger partial charge in [0, 0.05) is 45.7 Å². The Labute approximate surface area is 307 Å². The number of sulfonamides is 1. The fourth-order valence-electron chi connectivity index (χ4n) is 6.04. The summed E-state index contributed by atoms with van der Waals surface area (Å²) in [5.41, 5.74) is 6.14. The van der Waals surface area contributed by atoms with E-state index in [-0.39, 0.29) is 66.3 Å². The molecule has 53 heavy (non-hydrogen) atoms. The number of guanidine groups is 1. The number of carboxylic acid groups (broad SMARTS) is 1. The predicted octanol–water partition coefficient (Wildman–Crippen LogP) is 1.45. The van der Waals surface area contributed by atoms with Gasteiger partial charge < -0.3 is 41.5 Å². The third-order valence-corrected chi connectivity index (χ3v) is 10.3. The van der Waals surface area contributed by atoms with Crippen LogP contribution in [0.2, 0.25) is 0 Å². The Morgan fingerprint density at radius 1 is 0.962 bits per heavy atom. The number of phenolic OH excluding ortho intramolecular Hbond substituents is 2. The van der Waals surface area contributed by atoms with Gasteiger partial charge in [-0.25, -0.2) is 8.42 Å². The first kappa shape index (κ1) is 40.4. The van der Waals surface area contributed by atoms with Crippen LogP contribution in [0.15, 0.2) is 65.6 Å². The first-order valence-electron chi connectivity index (χ1n) is 17.3. The van der Waals surface area contributed by atoms with Crippen molar-refractivity contribution in [2.45, 2.75) is 62.4 Å². The zero-order valence-electron chi connectivity index (χ0n) is 29.5. The average Bonchev–Trinajstić information content (AvgIpc) is 3.95. The highest BCUT2D eigenvalue weighted by atomic mass is 32.2. The Morgan fingerprint density at radius 3 is 2.32 bits per heavy atom. The molecule has 2 atom stereocenters. The Hall–Kier alpha value is -5.42. The molecule has 16 nitrogen and oxygen atoms in total. The van der Waals surface area contributed by atoms with Crippen LogP contribution in [0.5, 0.6) is 11.5 Å². The highest BCUT2D eigenvalue weighted by molar-refractivity contribution is 7.89. The van der Waals surface area contributed by atoms with E-state index in [1.807, 2.05) is 12.1 Å². The number of hydrogen-bond donors (Lipinski definition) is 8. The second kappa shape index (κ2) is 18.4. The maximum absolute atomic E-state index is 14.1. The molecule has 0 spiro atoms. The van der Waals surface area contributed by atoms with Crippen LogP contribution in [-0.4, -0.2) is 108 Å². The second-order valence-electron chi connectivity index (χ2n) is 13.2. The number of carbonyl (C=O) groups is 4. The molecule has 1 aliphatic carbocycles. The number of aromatic hydroxyl groups is 2. The van der Waals surface area contributed by atoms with Crippen molar-refractivity contribution in [3.8, 4) is 11.5 Å². The van der Waals surface area contributed by atoms with E-state index in [4.69, 9.17) is 21.0 Å². The molecule has 3 aromatic carbocycles. The molecule has 5 rings (SSSR count). The normalized spacial score (nSPS) is 16.1. The number of likely N-dealkylation sites (tertiary alicyclic amines) is 1. The Morgan fingerprint density at radius 2 is 1.66 bits per heavy atom. The molecule has 286 valence electrons. The Bertz CT molecular complexity index is 1920. The number of phenols is 2. The molecule has 0 unspecified atom stereocenters. The molecule has 3 amide bonds. The van der Waals surface area contributed by atoms with Crippen LogP contribution in [0.1, 0.15) is 44.6 Å². The highest BCUT2D eigenvalue weighted by Gasteiger charge is 2.38. The lowest BCUT2D eigenvalue weighted by atomic mass is 9.98. The molecular weight excluding hydrogens is 707 g/mol. The van der Waals surface area contributed by atoms with Crippen molar-refractivity contribution < 1.29 is 42.9 Å². The fourth-order valence-corrected chi connectivity index (χ4v) is 7.26. The summed E-state index contributed by atoms with van der Waals surface area (Å²) in [5, 5.41) is 41.5. The minimum Gasteiger partial charge on any atom is -0.504 e. The number of nitrogens with zero attached hydrogens (tertiary/aromatic N) is 2. The molecule has 0 aromatic heterocycles.